The van der Waals surface area contributed by atoms with Gasteiger partial charge in [-0.25, -0.2) is 0 Å². The van der Waals surface area contributed by atoms with Crippen molar-refractivity contribution < 1.29 is 4.74 Å². The quantitative estimate of drug-likeness (QED) is 0.711. The minimum atomic E-state index is 0.891. The van der Waals surface area contributed by atoms with E-state index in [2.05, 4.69) is 24.0 Å². The third-order valence-corrected chi connectivity index (χ3v) is 3.09. The lowest BCUT2D eigenvalue weighted by molar-refractivity contribution is 0.488. The molecule has 0 amide bonds. The van der Waals surface area contributed by atoms with Gasteiger partial charge in [0, 0.05) is 17.1 Å². The van der Waals surface area contributed by atoms with Crippen LogP contribution in [-0.2, 0) is 6.42 Å². The molecule has 0 aliphatic heterocycles. The molecule has 0 radical (unpaired) electrons. The first-order valence-corrected chi connectivity index (χ1v) is 6.19. The third-order valence-electron chi connectivity index (χ3n) is 3.09. The molecule has 0 spiro atoms. The summed E-state index contributed by atoms with van der Waals surface area (Å²) in [6.07, 6.45) is 2.95. The van der Waals surface area contributed by atoms with Crippen LogP contribution in [-0.4, -0.2) is 4.98 Å². The van der Waals surface area contributed by atoms with Crippen LogP contribution >= 0.6 is 0 Å². The molecule has 0 aliphatic carbocycles. The monoisotopic (exact) mass is 237 g/mol. The Labute approximate surface area is 106 Å². The van der Waals surface area contributed by atoms with E-state index in [1.807, 2.05) is 42.6 Å². The zero-order chi connectivity index (χ0) is 12.4. The van der Waals surface area contributed by atoms with Gasteiger partial charge in [-0.1, -0.05) is 25.1 Å². The lowest BCUT2D eigenvalue weighted by atomic mass is 10.1. The molecule has 0 saturated heterocycles. The summed E-state index contributed by atoms with van der Waals surface area (Å²) in [4.78, 5) is 3.19. The smallest absolute Gasteiger partial charge is 0.136 e. The Bertz CT molecular complexity index is 669. The Kier molecular flexibility index (Phi) is 2.77. The molecule has 3 aromatic rings. The fourth-order valence-electron chi connectivity index (χ4n) is 2.10. The SMILES string of the molecule is CCc1cccc(Oc2cccc3[nH]ccc23)c1. The van der Waals surface area contributed by atoms with E-state index < -0.39 is 0 Å². The molecule has 18 heavy (non-hydrogen) atoms. The number of rotatable bonds is 3. The highest BCUT2D eigenvalue weighted by atomic mass is 16.5. The van der Waals surface area contributed by atoms with Gasteiger partial charge in [0.2, 0.25) is 0 Å². The first-order valence-electron chi connectivity index (χ1n) is 6.19. The molecule has 3 rings (SSSR count). The van der Waals surface area contributed by atoms with Crippen molar-refractivity contribution in [1.82, 2.24) is 4.98 Å². The molecule has 90 valence electrons. The van der Waals surface area contributed by atoms with Gasteiger partial charge in [-0.15, -0.1) is 0 Å². The number of aromatic amines is 1. The van der Waals surface area contributed by atoms with E-state index in [-0.39, 0.29) is 0 Å². The van der Waals surface area contributed by atoms with Crippen molar-refractivity contribution in [2.45, 2.75) is 13.3 Å². The lowest BCUT2D eigenvalue weighted by Crippen LogP contribution is -1.86. The second-order valence-corrected chi connectivity index (χ2v) is 4.30. The van der Waals surface area contributed by atoms with E-state index in [1.165, 1.54) is 5.56 Å². The fraction of sp³-hybridized carbons (Fsp3) is 0.125. The van der Waals surface area contributed by atoms with Crippen LogP contribution in [0, 0.1) is 0 Å². The zero-order valence-electron chi connectivity index (χ0n) is 10.3. The number of aryl methyl sites for hydroxylation is 1. The molecule has 0 aliphatic rings. The Morgan fingerprint density at radius 2 is 1.94 bits per heavy atom. The highest BCUT2D eigenvalue weighted by Gasteiger charge is 2.04. The summed E-state index contributed by atoms with van der Waals surface area (Å²) >= 11 is 0. The topological polar surface area (TPSA) is 25.0 Å². The van der Waals surface area contributed by atoms with E-state index >= 15 is 0 Å². The molecule has 2 aromatic carbocycles. The van der Waals surface area contributed by atoms with E-state index in [1.54, 1.807) is 0 Å². The van der Waals surface area contributed by atoms with Crippen molar-refractivity contribution in [3.8, 4) is 11.5 Å². The summed E-state index contributed by atoms with van der Waals surface area (Å²) in [6, 6.07) is 16.3. The van der Waals surface area contributed by atoms with Gasteiger partial charge in [0.15, 0.2) is 0 Å². The normalized spacial score (nSPS) is 10.7. The van der Waals surface area contributed by atoms with Gasteiger partial charge < -0.3 is 9.72 Å². The van der Waals surface area contributed by atoms with E-state index in [4.69, 9.17) is 4.74 Å². The van der Waals surface area contributed by atoms with Crippen molar-refractivity contribution in [3.63, 3.8) is 0 Å². The summed E-state index contributed by atoms with van der Waals surface area (Å²) in [5, 5.41) is 1.11. The van der Waals surface area contributed by atoms with Crippen molar-refractivity contribution in [3.05, 3.63) is 60.3 Å². The molecule has 1 aromatic heterocycles. The van der Waals surface area contributed by atoms with Crippen molar-refractivity contribution in [2.24, 2.45) is 0 Å². The van der Waals surface area contributed by atoms with Crippen LogP contribution in [0.4, 0.5) is 0 Å². The maximum Gasteiger partial charge on any atom is 0.136 e. The summed E-state index contributed by atoms with van der Waals surface area (Å²) in [7, 11) is 0. The number of hydrogen-bond acceptors (Lipinski definition) is 1. The zero-order valence-corrected chi connectivity index (χ0v) is 10.3. The summed E-state index contributed by atoms with van der Waals surface area (Å²) in [6.45, 7) is 2.14. The predicted molar refractivity (Wildman–Crippen MR) is 74.2 cm³/mol. The minimum Gasteiger partial charge on any atom is -0.457 e. The summed E-state index contributed by atoms with van der Waals surface area (Å²) in [5.74, 6) is 1.78. The number of hydrogen-bond donors (Lipinski definition) is 1. The average molecular weight is 237 g/mol. The van der Waals surface area contributed by atoms with E-state index in [0.29, 0.717) is 0 Å². The van der Waals surface area contributed by atoms with Crippen molar-refractivity contribution >= 4 is 10.9 Å². The Morgan fingerprint density at radius 3 is 2.83 bits per heavy atom. The van der Waals surface area contributed by atoms with Gasteiger partial charge in [0.1, 0.15) is 11.5 Å². The molecular formula is C16H15NO. The number of fused-ring (bicyclic) bond motifs is 1. The van der Waals surface area contributed by atoms with Crippen LogP contribution in [0.1, 0.15) is 12.5 Å². The van der Waals surface area contributed by atoms with Crippen LogP contribution in [0.3, 0.4) is 0 Å². The fourth-order valence-corrected chi connectivity index (χ4v) is 2.10. The Hall–Kier alpha value is -2.22. The molecule has 1 heterocycles. The third kappa shape index (κ3) is 1.97. The number of H-pyrrole nitrogens is 1. The first kappa shape index (κ1) is 10.9. The number of aromatic nitrogens is 1. The second-order valence-electron chi connectivity index (χ2n) is 4.30. The molecule has 0 unspecified atom stereocenters. The molecule has 1 N–H and O–H groups in total. The van der Waals surface area contributed by atoms with Gasteiger partial charge in [0.25, 0.3) is 0 Å². The number of benzene rings is 2. The number of nitrogens with one attached hydrogen (secondary N) is 1. The van der Waals surface area contributed by atoms with Crippen LogP contribution in [0.2, 0.25) is 0 Å². The van der Waals surface area contributed by atoms with Crippen LogP contribution in [0.15, 0.2) is 54.7 Å². The predicted octanol–water partition coefficient (Wildman–Crippen LogP) is 4.52. The van der Waals surface area contributed by atoms with Crippen molar-refractivity contribution in [1.29, 1.82) is 0 Å². The second kappa shape index (κ2) is 4.57. The first-order chi connectivity index (χ1) is 8.86. The Balaban J connectivity index is 1.98. The van der Waals surface area contributed by atoms with Crippen LogP contribution in [0.5, 0.6) is 11.5 Å². The maximum absolute atomic E-state index is 5.97. The Morgan fingerprint density at radius 1 is 1.06 bits per heavy atom. The van der Waals surface area contributed by atoms with E-state index in [9.17, 15) is 0 Å². The van der Waals surface area contributed by atoms with Gasteiger partial charge >= 0.3 is 0 Å². The van der Waals surface area contributed by atoms with Crippen LogP contribution < -0.4 is 4.74 Å². The number of ether oxygens (including phenoxy) is 1. The molecular weight excluding hydrogens is 222 g/mol. The molecule has 2 heteroatoms. The molecule has 0 fully saturated rings. The van der Waals surface area contributed by atoms with Gasteiger partial charge in [-0.3, -0.25) is 0 Å². The largest absolute Gasteiger partial charge is 0.457 e. The van der Waals surface area contributed by atoms with Gasteiger partial charge in [-0.05, 0) is 42.3 Å². The molecule has 0 atom stereocenters. The van der Waals surface area contributed by atoms with Gasteiger partial charge in [0.05, 0.1) is 0 Å². The maximum atomic E-state index is 5.97. The summed E-state index contributed by atoms with van der Waals surface area (Å²) < 4.78 is 5.97. The van der Waals surface area contributed by atoms with Crippen molar-refractivity contribution in [2.75, 3.05) is 0 Å². The molecule has 2 nitrogen and oxygen atoms in total. The molecule has 0 bridgehead atoms. The highest BCUT2D eigenvalue weighted by molar-refractivity contribution is 5.85. The average Bonchev–Trinajstić information content (AvgIpc) is 2.88. The molecule has 0 saturated carbocycles. The standard InChI is InChI=1S/C16H15NO/c1-2-12-5-3-6-13(11-12)18-16-8-4-7-15-14(16)9-10-17-15/h3-11,17H,2H2,1H3. The summed E-state index contributed by atoms with van der Waals surface area (Å²) in [5.41, 5.74) is 2.38. The highest BCUT2D eigenvalue weighted by Crippen LogP contribution is 2.29. The van der Waals surface area contributed by atoms with Gasteiger partial charge in [-0.2, -0.15) is 0 Å². The minimum absolute atomic E-state index is 0.891. The van der Waals surface area contributed by atoms with Crippen LogP contribution in [0.25, 0.3) is 10.9 Å². The van der Waals surface area contributed by atoms with E-state index in [0.717, 1.165) is 28.8 Å². The lowest BCUT2D eigenvalue weighted by Gasteiger charge is -2.08.